The van der Waals surface area contributed by atoms with Crippen LogP contribution in [0.1, 0.15) is 41.7 Å². The molecule has 2 aromatic heterocycles. The fourth-order valence-corrected chi connectivity index (χ4v) is 5.43. The van der Waals surface area contributed by atoms with Gasteiger partial charge in [-0.3, -0.25) is 14.7 Å². The Morgan fingerprint density at radius 2 is 2.07 bits per heavy atom. The highest BCUT2D eigenvalue weighted by Gasteiger charge is 2.40. The molecule has 1 spiro atoms. The van der Waals surface area contributed by atoms with Crippen LogP contribution >= 0.6 is 11.3 Å². The summed E-state index contributed by atoms with van der Waals surface area (Å²) in [5.74, 6) is 0.334. The molecule has 0 aromatic carbocycles. The predicted octanol–water partition coefficient (Wildman–Crippen LogP) is 3.90. The second-order valence-electron chi connectivity index (χ2n) is 8.23. The summed E-state index contributed by atoms with van der Waals surface area (Å²) in [6.07, 6.45) is 8.84. The number of piperidine rings is 2. The highest BCUT2D eigenvalue weighted by molar-refractivity contribution is 7.10. The van der Waals surface area contributed by atoms with Gasteiger partial charge in [0.25, 0.3) is 0 Å². The first-order valence-corrected chi connectivity index (χ1v) is 10.9. The van der Waals surface area contributed by atoms with Gasteiger partial charge in [0.15, 0.2) is 0 Å². The molecule has 144 valence electrons. The van der Waals surface area contributed by atoms with Gasteiger partial charge in [0.05, 0.1) is 0 Å². The molecule has 4 heterocycles. The molecule has 2 aliphatic rings. The van der Waals surface area contributed by atoms with Crippen LogP contribution in [0.2, 0.25) is 0 Å². The van der Waals surface area contributed by atoms with E-state index in [0.29, 0.717) is 11.3 Å². The zero-order valence-electron chi connectivity index (χ0n) is 16.2. The summed E-state index contributed by atoms with van der Waals surface area (Å²) in [5.41, 5.74) is 2.97. The molecule has 0 radical (unpaired) electrons. The van der Waals surface area contributed by atoms with Crippen molar-refractivity contribution >= 4 is 17.2 Å². The molecule has 0 saturated carbocycles. The molecule has 0 bridgehead atoms. The maximum absolute atomic E-state index is 12.5. The molecule has 5 heteroatoms. The highest BCUT2D eigenvalue weighted by Crippen LogP contribution is 2.40. The van der Waals surface area contributed by atoms with Crippen LogP contribution < -0.4 is 0 Å². The normalized spacial score (nSPS) is 20.3. The fourth-order valence-electron chi connectivity index (χ4n) is 4.48. The first-order chi connectivity index (χ1) is 13.1. The first kappa shape index (κ1) is 18.6. The Balaban J connectivity index is 1.32. The summed E-state index contributed by atoms with van der Waals surface area (Å²) in [4.78, 5) is 22.9. The Morgan fingerprint density at radius 3 is 2.78 bits per heavy atom. The Hall–Kier alpha value is -1.72. The number of likely N-dealkylation sites (tertiary alicyclic amines) is 2. The van der Waals surface area contributed by atoms with E-state index in [-0.39, 0.29) is 0 Å². The second kappa shape index (κ2) is 8.11. The van der Waals surface area contributed by atoms with Crippen LogP contribution in [-0.4, -0.2) is 46.9 Å². The number of pyridine rings is 1. The number of amides is 1. The van der Waals surface area contributed by atoms with Gasteiger partial charge in [0.2, 0.25) is 5.91 Å². The van der Waals surface area contributed by atoms with Gasteiger partial charge in [-0.05, 0) is 79.8 Å². The van der Waals surface area contributed by atoms with Crippen LogP contribution in [0.4, 0.5) is 0 Å². The Kier molecular flexibility index (Phi) is 5.60. The second-order valence-corrected chi connectivity index (χ2v) is 9.23. The van der Waals surface area contributed by atoms with Crippen LogP contribution in [0.15, 0.2) is 36.0 Å². The third kappa shape index (κ3) is 4.41. The molecule has 4 nitrogen and oxygen atoms in total. The molecule has 27 heavy (non-hydrogen) atoms. The van der Waals surface area contributed by atoms with Crippen LogP contribution in [0.3, 0.4) is 0 Å². The molecule has 2 aromatic rings. The molecular weight excluding hydrogens is 354 g/mol. The number of rotatable bonds is 5. The van der Waals surface area contributed by atoms with Crippen molar-refractivity contribution in [3.05, 3.63) is 52.0 Å². The van der Waals surface area contributed by atoms with E-state index in [1.807, 2.05) is 23.6 Å². The van der Waals surface area contributed by atoms with E-state index in [1.165, 1.54) is 28.8 Å². The Morgan fingerprint density at radius 1 is 1.22 bits per heavy atom. The topological polar surface area (TPSA) is 36.4 Å². The number of aryl methyl sites for hydroxylation is 1. The van der Waals surface area contributed by atoms with Crippen molar-refractivity contribution in [2.75, 3.05) is 26.2 Å². The van der Waals surface area contributed by atoms with Gasteiger partial charge in [0, 0.05) is 43.3 Å². The lowest BCUT2D eigenvalue weighted by molar-refractivity contribution is -0.139. The number of carbonyl (C=O) groups excluding carboxylic acids is 1. The van der Waals surface area contributed by atoms with Crippen molar-refractivity contribution in [2.45, 2.75) is 45.6 Å². The molecule has 0 aliphatic carbocycles. The van der Waals surface area contributed by atoms with Crippen LogP contribution in [0.5, 0.6) is 0 Å². The van der Waals surface area contributed by atoms with E-state index < -0.39 is 0 Å². The monoisotopic (exact) mass is 383 g/mol. The van der Waals surface area contributed by atoms with E-state index in [2.05, 4.69) is 39.2 Å². The average molecular weight is 384 g/mol. The zero-order chi connectivity index (χ0) is 18.7. The average Bonchev–Trinajstić information content (AvgIpc) is 3.10. The summed E-state index contributed by atoms with van der Waals surface area (Å²) < 4.78 is 0. The van der Waals surface area contributed by atoms with Gasteiger partial charge in [-0.2, -0.15) is 0 Å². The van der Waals surface area contributed by atoms with Crippen molar-refractivity contribution in [2.24, 2.45) is 5.41 Å². The van der Waals surface area contributed by atoms with E-state index in [9.17, 15) is 4.79 Å². The van der Waals surface area contributed by atoms with Gasteiger partial charge in [0.1, 0.15) is 0 Å². The summed E-state index contributed by atoms with van der Waals surface area (Å²) >= 11 is 1.88. The minimum atomic E-state index is 0.334. The number of aromatic nitrogens is 1. The quantitative estimate of drug-likeness (QED) is 0.786. The lowest BCUT2D eigenvalue weighted by atomic mass is 9.72. The highest BCUT2D eigenvalue weighted by atomic mass is 32.1. The summed E-state index contributed by atoms with van der Waals surface area (Å²) in [7, 11) is 0. The molecule has 2 aliphatic heterocycles. The minimum Gasteiger partial charge on any atom is -0.342 e. The number of hydrogen-bond acceptors (Lipinski definition) is 4. The number of nitrogens with zero attached hydrogens (tertiary/aromatic N) is 3. The van der Waals surface area contributed by atoms with Gasteiger partial charge in [-0.1, -0.05) is 6.07 Å². The van der Waals surface area contributed by atoms with Gasteiger partial charge in [-0.25, -0.2) is 0 Å². The smallest absolute Gasteiger partial charge is 0.222 e. The number of hydrogen-bond donors (Lipinski definition) is 0. The maximum Gasteiger partial charge on any atom is 0.222 e. The van der Waals surface area contributed by atoms with Crippen LogP contribution in [-0.2, 0) is 17.8 Å². The van der Waals surface area contributed by atoms with Gasteiger partial charge < -0.3 is 4.90 Å². The first-order valence-electron chi connectivity index (χ1n) is 10.1. The Labute approximate surface area is 166 Å². The van der Waals surface area contributed by atoms with Crippen molar-refractivity contribution < 1.29 is 4.79 Å². The van der Waals surface area contributed by atoms with Crippen molar-refractivity contribution in [1.82, 2.24) is 14.8 Å². The molecule has 1 amide bonds. The SMILES string of the molecule is Cc1ccsc1CN1CCC2(CCC(=O)N(CCc3cccnc3)C2)CC1. The third-order valence-corrected chi connectivity index (χ3v) is 7.40. The molecule has 2 saturated heterocycles. The van der Waals surface area contributed by atoms with Crippen molar-refractivity contribution in [3.8, 4) is 0 Å². The van der Waals surface area contributed by atoms with Crippen molar-refractivity contribution in [1.29, 1.82) is 0 Å². The third-order valence-electron chi connectivity index (χ3n) is 6.39. The maximum atomic E-state index is 12.5. The number of thiophene rings is 1. The molecular formula is C22H29N3OS. The van der Waals surface area contributed by atoms with Gasteiger partial charge in [-0.15, -0.1) is 11.3 Å². The zero-order valence-corrected chi connectivity index (χ0v) is 17.0. The van der Waals surface area contributed by atoms with Gasteiger partial charge >= 0.3 is 0 Å². The van der Waals surface area contributed by atoms with Crippen LogP contribution in [0, 0.1) is 12.3 Å². The lowest BCUT2D eigenvalue weighted by Gasteiger charge is -2.47. The van der Waals surface area contributed by atoms with E-state index in [1.54, 1.807) is 6.20 Å². The molecule has 4 rings (SSSR count). The predicted molar refractivity (Wildman–Crippen MR) is 110 cm³/mol. The minimum absolute atomic E-state index is 0.334. The Bertz CT molecular complexity index is 765. The summed E-state index contributed by atoms with van der Waals surface area (Å²) in [6.45, 7) is 7.37. The van der Waals surface area contributed by atoms with E-state index in [0.717, 1.165) is 52.0 Å². The summed E-state index contributed by atoms with van der Waals surface area (Å²) in [5, 5.41) is 2.20. The fraction of sp³-hybridized carbons (Fsp3) is 0.545. The largest absolute Gasteiger partial charge is 0.342 e. The molecule has 0 atom stereocenters. The molecule has 2 fully saturated rings. The molecule has 0 unspecified atom stereocenters. The number of carbonyl (C=O) groups is 1. The van der Waals surface area contributed by atoms with Crippen LogP contribution in [0.25, 0.3) is 0 Å². The van der Waals surface area contributed by atoms with Crippen molar-refractivity contribution in [3.63, 3.8) is 0 Å². The standard InChI is InChI=1S/C22H29N3OS/c1-18-6-14-27-20(18)16-24-12-8-22(9-13-24)7-4-21(26)25(17-22)11-5-19-3-2-10-23-15-19/h2-3,6,10,14-15H,4-5,7-9,11-13,16-17H2,1H3. The van der Waals surface area contributed by atoms with E-state index in [4.69, 9.17) is 0 Å². The van der Waals surface area contributed by atoms with E-state index >= 15 is 0 Å². The summed E-state index contributed by atoms with van der Waals surface area (Å²) in [6, 6.07) is 6.29. The molecule has 0 N–H and O–H groups in total. The lowest BCUT2D eigenvalue weighted by Crippen LogP contribution is -2.51.